The molecular formula is C13H12N6O3S2. The summed E-state index contributed by atoms with van der Waals surface area (Å²) in [5, 5.41) is 15.0. The molecule has 2 aromatic heterocycles. The van der Waals surface area contributed by atoms with Crippen molar-refractivity contribution in [1.29, 1.82) is 0 Å². The van der Waals surface area contributed by atoms with Gasteiger partial charge >= 0.3 is 0 Å². The zero-order chi connectivity index (χ0) is 16.5. The normalized spacial score (nSPS) is 13.2. The number of nitrogens with zero attached hydrogens (tertiary/aromatic N) is 5. The lowest BCUT2D eigenvalue weighted by Gasteiger charge is -2.17. The van der Waals surface area contributed by atoms with Crippen LogP contribution in [0.3, 0.4) is 0 Å². The van der Waals surface area contributed by atoms with Gasteiger partial charge in [-0.3, -0.25) is 4.79 Å². The molecule has 1 amide bonds. The van der Waals surface area contributed by atoms with Crippen molar-refractivity contribution in [1.82, 2.24) is 25.2 Å². The van der Waals surface area contributed by atoms with E-state index in [1.165, 1.54) is 27.8 Å². The largest absolute Gasteiger partial charge is 0.486 e. The molecule has 4 rings (SSSR count). The SMILES string of the molecule is Cn1nnnc1SCC(=O)Nc1nc2cc3c(cc2s1)OCCO3. The molecule has 1 aliphatic rings. The fourth-order valence-electron chi connectivity index (χ4n) is 2.15. The lowest BCUT2D eigenvalue weighted by atomic mass is 10.3. The second-order valence-electron chi connectivity index (χ2n) is 4.90. The highest BCUT2D eigenvalue weighted by Gasteiger charge is 2.16. The van der Waals surface area contributed by atoms with Crippen molar-refractivity contribution in [3.63, 3.8) is 0 Å². The summed E-state index contributed by atoms with van der Waals surface area (Å²) in [5.41, 5.74) is 0.768. The first kappa shape index (κ1) is 15.1. The molecule has 1 aliphatic heterocycles. The van der Waals surface area contributed by atoms with E-state index in [4.69, 9.17) is 9.47 Å². The van der Waals surface area contributed by atoms with Crippen LogP contribution < -0.4 is 14.8 Å². The van der Waals surface area contributed by atoms with Gasteiger partial charge in [0.05, 0.1) is 16.0 Å². The molecule has 0 bridgehead atoms. The molecule has 1 N–H and O–H groups in total. The summed E-state index contributed by atoms with van der Waals surface area (Å²) in [6.07, 6.45) is 0. The van der Waals surface area contributed by atoms with Gasteiger partial charge in [0.2, 0.25) is 11.1 Å². The third kappa shape index (κ3) is 2.99. The van der Waals surface area contributed by atoms with Crippen LogP contribution in [0.4, 0.5) is 5.13 Å². The summed E-state index contributed by atoms with van der Waals surface area (Å²) in [6.45, 7) is 1.06. The molecule has 0 unspecified atom stereocenters. The maximum atomic E-state index is 12.1. The molecular weight excluding hydrogens is 352 g/mol. The zero-order valence-corrected chi connectivity index (χ0v) is 14.2. The molecule has 3 aromatic rings. The molecule has 1 aromatic carbocycles. The van der Waals surface area contributed by atoms with Gasteiger partial charge in [-0.25, -0.2) is 9.67 Å². The first-order chi connectivity index (χ1) is 11.7. The molecule has 24 heavy (non-hydrogen) atoms. The van der Waals surface area contributed by atoms with E-state index >= 15 is 0 Å². The van der Waals surface area contributed by atoms with Gasteiger partial charge in [-0.2, -0.15) is 0 Å². The number of hydrogen-bond donors (Lipinski definition) is 1. The van der Waals surface area contributed by atoms with Crippen molar-refractivity contribution in [3.05, 3.63) is 12.1 Å². The maximum absolute atomic E-state index is 12.1. The molecule has 0 atom stereocenters. The van der Waals surface area contributed by atoms with Crippen LogP contribution in [0, 0.1) is 0 Å². The number of benzene rings is 1. The fourth-order valence-corrected chi connectivity index (χ4v) is 3.69. The average molecular weight is 364 g/mol. The lowest BCUT2D eigenvalue weighted by Crippen LogP contribution is -2.15. The van der Waals surface area contributed by atoms with Gasteiger partial charge in [0, 0.05) is 19.2 Å². The summed E-state index contributed by atoms with van der Waals surface area (Å²) in [5.74, 6) is 1.43. The number of rotatable bonds is 4. The number of amides is 1. The Kier molecular flexibility index (Phi) is 3.94. The summed E-state index contributed by atoms with van der Waals surface area (Å²) in [6, 6.07) is 3.72. The van der Waals surface area contributed by atoms with Gasteiger partial charge in [-0.05, 0) is 10.4 Å². The Bertz CT molecular complexity index is 865. The highest BCUT2D eigenvalue weighted by atomic mass is 32.2. The number of hydrogen-bond acceptors (Lipinski definition) is 9. The quantitative estimate of drug-likeness (QED) is 0.691. The van der Waals surface area contributed by atoms with Crippen LogP contribution in [0.5, 0.6) is 11.5 Å². The number of carbonyl (C=O) groups is 1. The first-order valence-electron chi connectivity index (χ1n) is 7.04. The van der Waals surface area contributed by atoms with E-state index in [1.807, 2.05) is 12.1 Å². The number of anilines is 1. The van der Waals surface area contributed by atoms with Crippen LogP contribution in [0.2, 0.25) is 0 Å². The minimum absolute atomic E-state index is 0.167. The van der Waals surface area contributed by atoms with Crippen molar-refractivity contribution in [3.8, 4) is 11.5 Å². The number of nitrogens with one attached hydrogen (secondary N) is 1. The van der Waals surface area contributed by atoms with Gasteiger partial charge in [-0.15, -0.1) is 5.10 Å². The van der Waals surface area contributed by atoms with E-state index in [2.05, 4.69) is 25.8 Å². The van der Waals surface area contributed by atoms with Crippen LogP contribution in [-0.4, -0.2) is 50.1 Å². The number of aromatic nitrogens is 5. The Hall–Kier alpha value is -2.40. The van der Waals surface area contributed by atoms with Gasteiger partial charge in [0.15, 0.2) is 16.6 Å². The third-order valence-electron chi connectivity index (χ3n) is 3.21. The standard InChI is InChI=1S/C13H12N6O3S2/c1-19-13(16-17-18-19)23-6-11(20)15-12-14-7-4-8-9(5-10(7)24-12)22-3-2-21-8/h4-5H,2-3,6H2,1H3,(H,14,15,20). The number of ether oxygens (including phenoxy) is 2. The minimum Gasteiger partial charge on any atom is -0.486 e. The average Bonchev–Trinajstić information content (AvgIpc) is 3.15. The van der Waals surface area contributed by atoms with Crippen molar-refractivity contribution < 1.29 is 14.3 Å². The molecule has 11 heteroatoms. The fraction of sp³-hybridized carbons (Fsp3) is 0.308. The van der Waals surface area contributed by atoms with Crippen LogP contribution in [0.15, 0.2) is 17.3 Å². The number of aryl methyl sites for hydroxylation is 1. The molecule has 3 heterocycles. The van der Waals surface area contributed by atoms with Crippen molar-refractivity contribution in [2.75, 3.05) is 24.3 Å². The van der Waals surface area contributed by atoms with Gasteiger partial charge in [0.1, 0.15) is 13.2 Å². The topological polar surface area (TPSA) is 104 Å². The molecule has 0 aliphatic carbocycles. The summed E-state index contributed by atoms with van der Waals surface area (Å²) in [4.78, 5) is 16.5. The summed E-state index contributed by atoms with van der Waals surface area (Å²) in [7, 11) is 1.72. The number of thiazole rings is 1. The third-order valence-corrected chi connectivity index (χ3v) is 5.16. The second kappa shape index (κ2) is 6.24. The molecule has 124 valence electrons. The Balaban J connectivity index is 1.46. The highest BCUT2D eigenvalue weighted by Crippen LogP contribution is 2.37. The van der Waals surface area contributed by atoms with E-state index in [1.54, 1.807) is 7.05 Å². The summed E-state index contributed by atoms with van der Waals surface area (Å²) < 4.78 is 13.5. The predicted octanol–water partition coefficient (Wildman–Crippen LogP) is 1.32. The molecule has 0 fully saturated rings. The lowest BCUT2D eigenvalue weighted by molar-refractivity contribution is -0.113. The molecule has 0 saturated heterocycles. The van der Waals surface area contributed by atoms with Gasteiger partial charge < -0.3 is 14.8 Å². The van der Waals surface area contributed by atoms with Gasteiger partial charge in [0.25, 0.3) is 0 Å². The Morgan fingerprint density at radius 2 is 2.17 bits per heavy atom. The number of thioether (sulfide) groups is 1. The second-order valence-corrected chi connectivity index (χ2v) is 6.88. The van der Waals surface area contributed by atoms with E-state index in [9.17, 15) is 4.79 Å². The Morgan fingerprint density at radius 1 is 1.38 bits per heavy atom. The minimum atomic E-state index is -0.167. The van der Waals surface area contributed by atoms with Crippen molar-refractivity contribution in [2.24, 2.45) is 7.05 Å². The first-order valence-corrected chi connectivity index (χ1v) is 8.84. The highest BCUT2D eigenvalue weighted by molar-refractivity contribution is 7.99. The Labute approximate surface area is 144 Å². The van der Waals surface area contributed by atoms with Crippen molar-refractivity contribution >= 4 is 44.4 Å². The van der Waals surface area contributed by atoms with E-state index in [0.717, 1.165) is 10.2 Å². The molecule has 0 saturated carbocycles. The van der Waals surface area contributed by atoms with Crippen LogP contribution in [-0.2, 0) is 11.8 Å². The van der Waals surface area contributed by atoms with Crippen molar-refractivity contribution in [2.45, 2.75) is 5.16 Å². The monoisotopic (exact) mass is 364 g/mol. The number of fused-ring (bicyclic) bond motifs is 2. The Morgan fingerprint density at radius 3 is 2.92 bits per heavy atom. The van der Waals surface area contributed by atoms with E-state index in [-0.39, 0.29) is 11.7 Å². The van der Waals surface area contributed by atoms with Crippen LogP contribution >= 0.6 is 23.1 Å². The van der Waals surface area contributed by atoms with E-state index in [0.29, 0.717) is 35.0 Å². The van der Waals surface area contributed by atoms with Gasteiger partial charge in [-0.1, -0.05) is 23.1 Å². The number of tetrazole rings is 1. The van der Waals surface area contributed by atoms with E-state index < -0.39 is 0 Å². The predicted molar refractivity (Wildman–Crippen MR) is 88.8 cm³/mol. The van der Waals surface area contributed by atoms with Crippen LogP contribution in [0.25, 0.3) is 10.2 Å². The molecule has 0 spiro atoms. The molecule has 9 nitrogen and oxygen atoms in total. The number of carbonyl (C=O) groups excluding carboxylic acids is 1. The molecule has 0 radical (unpaired) electrons. The smallest absolute Gasteiger partial charge is 0.236 e. The van der Waals surface area contributed by atoms with Crippen LogP contribution in [0.1, 0.15) is 0 Å². The zero-order valence-electron chi connectivity index (χ0n) is 12.6. The maximum Gasteiger partial charge on any atom is 0.236 e. The summed E-state index contributed by atoms with van der Waals surface area (Å²) >= 11 is 2.65.